The fraction of sp³-hybridized carbons (Fsp3) is 0.159. The SMILES string of the molecule is CC(C)c1cc(-c2ccccc2)cc(C(C)C)c1-n1c(-c2ccc(C(F)(F)F)c3c2oc2cc(-c4ccccc4)ccc23)nc2ccccc21. The van der Waals surface area contributed by atoms with Crippen molar-refractivity contribution < 1.29 is 17.6 Å². The van der Waals surface area contributed by atoms with Crippen LogP contribution in [-0.2, 0) is 6.18 Å². The maximum atomic E-state index is 14.7. The largest absolute Gasteiger partial charge is 0.455 e. The molecule has 0 radical (unpaired) electrons. The molecule has 248 valence electrons. The van der Waals surface area contributed by atoms with Gasteiger partial charge in [0.15, 0.2) is 0 Å². The zero-order valence-electron chi connectivity index (χ0n) is 28.2. The van der Waals surface area contributed by atoms with E-state index in [1.54, 1.807) is 6.07 Å². The van der Waals surface area contributed by atoms with Gasteiger partial charge in [0.05, 0.1) is 27.8 Å². The summed E-state index contributed by atoms with van der Waals surface area (Å²) >= 11 is 0. The molecule has 0 aliphatic rings. The number of hydrogen-bond donors (Lipinski definition) is 0. The second kappa shape index (κ2) is 12.1. The Morgan fingerprint density at radius 1 is 0.620 bits per heavy atom. The Hall–Kier alpha value is -5.62. The molecule has 8 rings (SSSR count). The standard InChI is InChI=1S/C44H35F3N2O/c1-26(2)34-23-31(29-15-9-6-10-16-29)24-35(27(3)4)41(34)49-38-18-12-11-17-37(38)48-43(49)33-21-22-36(44(45,46)47)40-32-20-19-30(25-39(32)50-42(33)40)28-13-7-5-8-14-28/h5-27H,1-4H3. The Kier molecular flexibility index (Phi) is 7.63. The van der Waals surface area contributed by atoms with Gasteiger partial charge in [0.1, 0.15) is 17.0 Å². The van der Waals surface area contributed by atoms with Gasteiger partial charge in [-0.3, -0.25) is 4.57 Å². The van der Waals surface area contributed by atoms with Crippen molar-refractivity contribution in [1.29, 1.82) is 0 Å². The van der Waals surface area contributed by atoms with Gasteiger partial charge >= 0.3 is 6.18 Å². The molecule has 6 heteroatoms. The topological polar surface area (TPSA) is 31.0 Å². The van der Waals surface area contributed by atoms with E-state index in [4.69, 9.17) is 9.40 Å². The van der Waals surface area contributed by atoms with E-state index < -0.39 is 11.7 Å². The summed E-state index contributed by atoms with van der Waals surface area (Å²) in [4.78, 5) is 5.14. The summed E-state index contributed by atoms with van der Waals surface area (Å²) in [5, 5.41) is 0.449. The number of furan rings is 1. The van der Waals surface area contributed by atoms with Gasteiger partial charge in [0, 0.05) is 10.8 Å². The quantitative estimate of drug-likeness (QED) is 0.177. The average molecular weight is 665 g/mol. The van der Waals surface area contributed by atoms with E-state index in [-0.39, 0.29) is 22.8 Å². The van der Waals surface area contributed by atoms with Crippen molar-refractivity contribution in [2.45, 2.75) is 45.7 Å². The number of rotatable bonds is 6. The molecular formula is C44H35F3N2O. The maximum Gasteiger partial charge on any atom is 0.417 e. The molecule has 0 fully saturated rings. The number of hydrogen-bond acceptors (Lipinski definition) is 2. The summed E-state index contributed by atoms with van der Waals surface area (Å²) in [6.07, 6.45) is -4.59. The Labute approximate surface area is 288 Å². The number of imidazole rings is 1. The molecule has 0 unspecified atom stereocenters. The summed E-state index contributed by atoms with van der Waals surface area (Å²) in [6.45, 7) is 8.71. The minimum atomic E-state index is -4.59. The van der Waals surface area contributed by atoms with E-state index in [1.807, 2.05) is 84.9 Å². The van der Waals surface area contributed by atoms with E-state index >= 15 is 0 Å². The lowest BCUT2D eigenvalue weighted by Crippen LogP contribution is -2.10. The van der Waals surface area contributed by atoms with Crippen LogP contribution in [0, 0.1) is 0 Å². The van der Waals surface area contributed by atoms with Gasteiger partial charge in [-0.1, -0.05) is 107 Å². The highest BCUT2D eigenvalue weighted by Gasteiger charge is 2.36. The molecule has 2 heterocycles. The molecule has 0 spiro atoms. The molecule has 0 N–H and O–H groups in total. The fourth-order valence-electron chi connectivity index (χ4n) is 7.15. The second-order valence-corrected chi connectivity index (χ2v) is 13.5. The van der Waals surface area contributed by atoms with Crippen molar-refractivity contribution in [2.75, 3.05) is 0 Å². The van der Waals surface area contributed by atoms with E-state index in [1.165, 1.54) is 12.1 Å². The molecule has 0 aliphatic heterocycles. The third-order valence-corrected chi connectivity index (χ3v) is 9.58. The third-order valence-electron chi connectivity index (χ3n) is 9.58. The molecule has 0 aliphatic carbocycles. The zero-order valence-corrected chi connectivity index (χ0v) is 28.2. The number of nitrogens with zero attached hydrogens (tertiary/aromatic N) is 2. The van der Waals surface area contributed by atoms with Crippen molar-refractivity contribution in [1.82, 2.24) is 9.55 Å². The van der Waals surface area contributed by atoms with E-state index in [0.29, 0.717) is 22.4 Å². The third kappa shape index (κ3) is 5.27. The van der Waals surface area contributed by atoms with Crippen molar-refractivity contribution in [3.63, 3.8) is 0 Å². The number of alkyl halides is 3. The van der Waals surface area contributed by atoms with Gasteiger partial charge in [-0.25, -0.2) is 4.98 Å². The molecule has 0 bridgehead atoms. The fourth-order valence-corrected chi connectivity index (χ4v) is 7.15. The van der Waals surface area contributed by atoms with Crippen LogP contribution < -0.4 is 0 Å². The van der Waals surface area contributed by atoms with Crippen LogP contribution in [-0.4, -0.2) is 9.55 Å². The van der Waals surface area contributed by atoms with Gasteiger partial charge in [0.2, 0.25) is 0 Å². The molecule has 8 aromatic rings. The van der Waals surface area contributed by atoms with Crippen LogP contribution in [0.5, 0.6) is 0 Å². The van der Waals surface area contributed by atoms with Crippen LogP contribution in [0.1, 0.15) is 56.2 Å². The van der Waals surface area contributed by atoms with Crippen LogP contribution in [0.4, 0.5) is 13.2 Å². The second-order valence-electron chi connectivity index (χ2n) is 13.5. The first-order chi connectivity index (χ1) is 24.1. The van der Waals surface area contributed by atoms with Crippen LogP contribution in [0.3, 0.4) is 0 Å². The lowest BCUT2D eigenvalue weighted by atomic mass is 9.88. The first-order valence-corrected chi connectivity index (χ1v) is 16.9. The van der Waals surface area contributed by atoms with Gasteiger partial charge in [0.25, 0.3) is 0 Å². The minimum Gasteiger partial charge on any atom is -0.455 e. The summed E-state index contributed by atoms with van der Waals surface area (Å²) in [5.41, 5.74) is 9.24. The number of halogens is 3. The lowest BCUT2D eigenvalue weighted by molar-refractivity contribution is -0.136. The molecule has 0 atom stereocenters. The lowest BCUT2D eigenvalue weighted by Gasteiger charge is -2.24. The Bertz CT molecular complexity index is 2490. The Morgan fingerprint density at radius 3 is 1.84 bits per heavy atom. The van der Waals surface area contributed by atoms with Gasteiger partial charge in [-0.15, -0.1) is 0 Å². The van der Waals surface area contributed by atoms with Crippen molar-refractivity contribution in [3.05, 3.63) is 144 Å². The van der Waals surface area contributed by atoms with Crippen LogP contribution >= 0.6 is 0 Å². The molecule has 2 aromatic heterocycles. The van der Waals surface area contributed by atoms with Gasteiger partial charge in [-0.2, -0.15) is 13.2 Å². The number of benzene rings is 6. The number of fused-ring (bicyclic) bond motifs is 4. The van der Waals surface area contributed by atoms with Crippen LogP contribution in [0.25, 0.3) is 72.3 Å². The highest BCUT2D eigenvalue weighted by atomic mass is 19.4. The molecule has 0 amide bonds. The first kappa shape index (κ1) is 31.6. The number of aromatic nitrogens is 2. The smallest absolute Gasteiger partial charge is 0.417 e. The van der Waals surface area contributed by atoms with Gasteiger partial charge in [-0.05, 0) is 93.7 Å². The summed E-state index contributed by atoms with van der Waals surface area (Å²) < 4.78 is 52.8. The maximum absolute atomic E-state index is 14.7. The molecule has 0 saturated heterocycles. The van der Waals surface area contributed by atoms with Crippen molar-refractivity contribution in [2.24, 2.45) is 0 Å². The van der Waals surface area contributed by atoms with Crippen molar-refractivity contribution >= 4 is 33.0 Å². The first-order valence-electron chi connectivity index (χ1n) is 16.9. The minimum absolute atomic E-state index is 0.0378. The zero-order chi connectivity index (χ0) is 34.7. The van der Waals surface area contributed by atoms with E-state index in [2.05, 4.69) is 56.5 Å². The van der Waals surface area contributed by atoms with E-state index in [0.717, 1.165) is 50.1 Å². The average Bonchev–Trinajstić information content (AvgIpc) is 3.69. The Balaban J connectivity index is 1.46. The molecule has 3 nitrogen and oxygen atoms in total. The van der Waals surface area contributed by atoms with E-state index in [9.17, 15) is 13.2 Å². The predicted octanol–water partition coefficient (Wildman–Crippen LogP) is 13.2. The molecule has 6 aromatic carbocycles. The molecule has 0 saturated carbocycles. The highest BCUT2D eigenvalue weighted by Crippen LogP contribution is 2.46. The summed E-state index contributed by atoms with van der Waals surface area (Å²) in [5.74, 6) is 0.800. The summed E-state index contributed by atoms with van der Waals surface area (Å²) in [7, 11) is 0. The van der Waals surface area contributed by atoms with Crippen molar-refractivity contribution in [3.8, 4) is 39.3 Å². The van der Waals surface area contributed by atoms with Gasteiger partial charge < -0.3 is 4.42 Å². The predicted molar refractivity (Wildman–Crippen MR) is 198 cm³/mol. The molecule has 50 heavy (non-hydrogen) atoms. The summed E-state index contributed by atoms with van der Waals surface area (Å²) in [6, 6.07) is 40.6. The normalized spacial score (nSPS) is 12.3. The van der Waals surface area contributed by atoms with Crippen LogP contribution in [0.2, 0.25) is 0 Å². The van der Waals surface area contributed by atoms with Crippen LogP contribution in [0.15, 0.2) is 132 Å². The number of para-hydroxylation sites is 2. The Morgan fingerprint density at radius 2 is 1.22 bits per heavy atom. The monoisotopic (exact) mass is 664 g/mol. The highest BCUT2D eigenvalue weighted by molar-refractivity contribution is 6.12. The molecular weight excluding hydrogens is 629 g/mol.